The van der Waals surface area contributed by atoms with Crippen LogP contribution in [0.3, 0.4) is 0 Å². The van der Waals surface area contributed by atoms with Crippen LogP contribution in [0.25, 0.3) is 11.0 Å². The largest absolute Gasteiger partial charge is 0.496 e. The molecular weight excluding hydrogens is 354 g/mol. The van der Waals surface area contributed by atoms with Gasteiger partial charge in [0, 0.05) is 12.1 Å². The molecule has 0 aliphatic carbocycles. The minimum absolute atomic E-state index is 0.157. The topological polar surface area (TPSA) is 115 Å². The molecule has 1 aromatic heterocycles. The standard InChI is InChI=1S/C19H23NO7/c1-5-6-13(18(22)23)20-16(21)9-12-10(2)17-14(26-4)7-11(25-3)8-15(17)27-19(12)24/h7-8,13H,5-6,9H2,1-4H3,(H,20,21)(H,22,23)/t13-/m1/s1. The van der Waals surface area contributed by atoms with Gasteiger partial charge in [0.05, 0.1) is 31.6 Å². The van der Waals surface area contributed by atoms with Gasteiger partial charge in [0.1, 0.15) is 23.1 Å². The Balaban J connectivity index is 2.43. The minimum Gasteiger partial charge on any atom is -0.496 e. The minimum atomic E-state index is -1.11. The number of methoxy groups -OCH3 is 2. The molecule has 1 heterocycles. The Kier molecular flexibility index (Phi) is 6.44. The maximum absolute atomic E-state index is 12.4. The normalized spacial score (nSPS) is 11.9. The van der Waals surface area contributed by atoms with E-state index >= 15 is 0 Å². The van der Waals surface area contributed by atoms with Gasteiger partial charge < -0.3 is 24.3 Å². The van der Waals surface area contributed by atoms with Crippen molar-refractivity contribution in [3.63, 3.8) is 0 Å². The highest BCUT2D eigenvalue weighted by atomic mass is 16.5. The van der Waals surface area contributed by atoms with E-state index in [1.54, 1.807) is 19.1 Å². The van der Waals surface area contributed by atoms with Gasteiger partial charge in [0.15, 0.2) is 0 Å². The van der Waals surface area contributed by atoms with Crippen molar-refractivity contribution >= 4 is 22.8 Å². The second kappa shape index (κ2) is 8.57. The molecule has 0 aliphatic rings. The highest BCUT2D eigenvalue weighted by molar-refractivity contribution is 5.91. The molecule has 1 aromatic carbocycles. The van der Waals surface area contributed by atoms with Crippen molar-refractivity contribution in [2.75, 3.05) is 14.2 Å². The number of ether oxygens (including phenoxy) is 2. The molecule has 2 N–H and O–H groups in total. The Labute approximate surface area is 156 Å². The number of aryl methyl sites for hydroxylation is 1. The van der Waals surface area contributed by atoms with Crippen molar-refractivity contribution in [1.82, 2.24) is 5.32 Å². The van der Waals surface area contributed by atoms with E-state index in [0.29, 0.717) is 35.3 Å². The molecule has 1 amide bonds. The van der Waals surface area contributed by atoms with Crippen molar-refractivity contribution in [1.29, 1.82) is 0 Å². The summed E-state index contributed by atoms with van der Waals surface area (Å²) in [5, 5.41) is 12.2. The van der Waals surface area contributed by atoms with Gasteiger partial charge in [-0.3, -0.25) is 4.79 Å². The Morgan fingerprint density at radius 3 is 2.52 bits per heavy atom. The van der Waals surface area contributed by atoms with Gasteiger partial charge in [-0.15, -0.1) is 0 Å². The fourth-order valence-electron chi connectivity index (χ4n) is 2.92. The lowest BCUT2D eigenvalue weighted by molar-refractivity contribution is -0.141. The first kappa shape index (κ1) is 20.3. The van der Waals surface area contributed by atoms with E-state index in [-0.39, 0.29) is 17.6 Å². The average Bonchev–Trinajstić information content (AvgIpc) is 2.63. The summed E-state index contributed by atoms with van der Waals surface area (Å²) in [6.07, 6.45) is 0.625. The van der Waals surface area contributed by atoms with Crippen LogP contribution in [0.4, 0.5) is 0 Å². The van der Waals surface area contributed by atoms with Gasteiger partial charge >= 0.3 is 11.6 Å². The van der Waals surface area contributed by atoms with E-state index < -0.39 is 23.5 Å². The van der Waals surface area contributed by atoms with E-state index in [1.807, 2.05) is 6.92 Å². The summed E-state index contributed by atoms with van der Waals surface area (Å²) >= 11 is 0. The molecule has 0 aliphatic heterocycles. The van der Waals surface area contributed by atoms with E-state index in [0.717, 1.165) is 0 Å². The summed E-state index contributed by atoms with van der Waals surface area (Å²) in [5.74, 6) is -0.753. The molecule has 0 spiro atoms. The molecule has 27 heavy (non-hydrogen) atoms. The number of benzene rings is 1. The molecule has 0 fully saturated rings. The van der Waals surface area contributed by atoms with E-state index in [2.05, 4.69) is 5.32 Å². The van der Waals surface area contributed by atoms with Crippen molar-refractivity contribution in [2.45, 2.75) is 39.2 Å². The Morgan fingerprint density at radius 1 is 1.26 bits per heavy atom. The molecule has 8 nitrogen and oxygen atoms in total. The van der Waals surface area contributed by atoms with Crippen molar-refractivity contribution in [3.8, 4) is 11.5 Å². The summed E-state index contributed by atoms with van der Waals surface area (Å²) in [5.41, 5.74) is 0.322. The van der Waals surface area contributed by atoms with Gasteiger partial charge in [-0.05, 0) is 18.9 Å². The van der Waals surface area contributed by atoms with E-state index in [1.165, 1.54) is 14.2 Å². The quantitative estimate of drug-likeness (QED) is 0.676. The fourth-order valence-corrected chi connectivity index (χ4v) is 2.92. The number of hydrogen-bond donors (Lipinski definition) is 2. The predicted octanol–water partition coefficient (Wildman–Crippen LogP) is 2.03. The van der Waals surface area contributed by atoms with Crippen LogP contribution in [0.5, 0.6) is 11.5 Å². The number of nitrogens with one attached hydrogen (secondary N) is 1. The van der Waals surface area contributed by atoms with Gasteiger partial charge in [0.2, 0.25) is 5.91 Å². The molecule has 2 rings (SSSR count). The number of carboxylic acid groups (broad SMARTS) is 1. The van der Waals surface area contributed by atoms with Crippen LogP contribution in [-0.2, 0) is 16.0 Å². The molecule has 2 aromatic rings. The Hall–Kier alpha value is -3.03. The Bertz CT molecular complexity index is 916. The molecule has 0 bridgehead atoms. The maximum Gasteiger partial charge on any atom is 0.340 e. The van der Waals surface area contributed by atoms with Crippen molar-refractivity contribution < 1.29 is 28.6 Å². The number of carbonyl (C=O) groups excluding carboxylic acids is 1. The average molecular weight is 377 g/mol. The van der Waals surface area contributed by atoms with Crippen LogP contribution >= 0.6 is 0 Å². The first-order chi connectivity index (χ1) is 12.8. The third kappa shape index (κ3) is 4.39. The molecule has 0 radical (unpaired) electrons. The smallest absolute Gasteiger partial charge is 0.340 e. The Morgan fingerprint density at radius 2 is 1.96 bits per heavy atom. The molecule has 1 atom stereocenters. The van der Waals surface area contributed by atoms with Crippen LogP contribution in [0.15, 0.2) is 21.3 Å². The fraction of sp³-hybridized carbons (Fsp3) is 0.421. The van der Waals surface area contributed by atoms with Crippen LogP contribution in [-0.4, -0.2) is 37.2 Å². The third-order valence-corrected chi connectivity index (χ3v) is 4.32. The molecular formula is C19H23NO7. The predicted molar refractivity (Wildman–Crippen MR) is 98.5 cm³/mol. The maximum atomic E-state index is 12.4. The van der Waals surface area contributed by atoms with Crippen molar-refractivity contribution in [3.05, 3.63) is 33.7 Å². The van der Waals surface area contributed by atoms with Crippen molar-refractivity contribution in [2.24, 2.45) is 0 Å². The summed E-state index contributed by atoms with van der Waals surface area (Å²) in [4.78, 5) is 35.9. The SMILES string of the molecule is CCC[C@@H](NC(=O)Cc1c(C)c2c(OC)cc(OC)cc2oc1=O)C(=O)O. The number of rotatable bonds is 8. The molecule has 146 valence electrons. The molecule has 0 saturated heterocycles. The van der Waals surface area contributed by atoms with Gasteiger partial charge in [-0.2, -0.15) is 0 Å². The first-order valence-electron chi connectivity index (χ1n) is 8.52. The highest BCUT2D eigenvalue weighted by Gasteiger charge is 2.22. The zero-order valence-electron chi connectivity index (χ0n) is 15.8. The van der Waals surface area contributed by atoms with Crippen LogP contribution in [0, 0.1) is 6.92 Å². The zero-order chi connectivity index (χ0) is 20.1. The number of carboxylic acids is 1. The number of carbonyl (C=O) groups is 2. The lowest BCUT2D eigenvalue weighted by Crippen LogP contribution is -2.41. The first-order valence-corrected chi connectivity index (χ1v) is 8.52. The summed E-state index contributed by atoms with van der Waals surface area (Å²) in [6.45, 7) is 3.52. The van der Waals surface area contributed by atoms with Gasteiger partial charge in [0.25, 0.3) is 0 Å². The third-order valence-electron chi connectivity index (χ3n) is 4.32. The lowest BCUT2D eigenvalue weighted by atomic mass is 10.0. The second-order valence-electron chi connectivity index (χ2n) is 6.12. The van der Waals surface area contributed by atoms with Gasteiger partial charge in [-0.1, -0.05) is 13.3 Å². The van der Waals surface area contributed by atoms with Gasteiger partial charge in [-0.25, -0.2) is 9.59 Å². The molecule has 0 unspecified atom stereocenters. The number of amides is 1. The zero-order valence-corrected chi connectivity index (χ0v) is 15.8. The highest BCUT2D eigenvalue weighted by Crippen LogP contribution is 2.33. The van der Waals surface area contributed by atoms with E-state index in [4.69, 9.17) is 19.0 Å². The monoisotopic (exact) mass is 377 g/mol. The number of hydrogen-bond acceptors (Lipinski definition) is 6. The second-order valence-corrected chi connectivity index (χ2v) is 6.12. The molecule has 0 saturated carbocycles. The van der Waals surface area contributed by atoms with Crippen LogP contribution in [0.1, 0.15) is 30.9 Å². The number of aliphatic carboxylic acids is 1. The summed E-state index contributed by atoms with van der Waals surface area (Å²) in [6, 6.07) is 2.23. The van der Waals surface area contributed by atoms with Crippen LogP contribution in [0.2, 0.25) is 0 Å². The summed E-state index contributed by atoms with van der Waals surface area (Å²) < 4.78 is 15.9. The summed E-state index contributed by atoms with van der Waals surface area (Å²) in [7, 11) is 2.97. The lowest BCUT2D eigenvalue weighted by Gasteiger charge is -2.15. The van der Waals surface area contributed by atoms with E-state index in [9.17, 15) is 14.4 Å². The van der Waals surface area contributed by atoms with Crippen LogP contribution < -0.4 is 20.4 Å². The molecule has 8 heteroatoms. The number of fused-ring (bicyclic) bond motifs is 1.